The molecule has 2 aliphatic heterocycles. The van der Waals surface area contributed by atoms with Gasteiger partial charge in [0.25, 0.3) is 11.8 Å². The van der Waals surface area contributed by atoms with Crippen molar-refractivity contribution < 1.29 is 19.1 Å². The topological polar surface area (TPSA) is 87.7 Å². The van der Waals surface area contributed by atoms with Crippen LogP contribution in [0.1, 0.15) is 39.3 Å². The summed E-state index contributed by atoms with van der Waals surface area (Å²) >= 11 is 0. The van der Waals surface area contributed by atoms with Crippen LogP contribution in [0, 0.1) is 0 Å². The number of hydrogen-bond donors (Lipinski definition) is 2. The van der Waals surface area contributed by atoms with Crippen molar-refractivity contribution in [3.63, 3.8) is 0 Å². The molecule has 2 aromatic rings. The largest absolute Gasteiger partial charge is 0.367 e. The molecule has 138 valence electrons. The highest BCUT2D eigenvalue weighted by atomic mass is 16.5. The van der Waals surface area contributed by atoms with Gasteiger partial charge >= 0.3 is 6.03 Å². The number of amides is 4. The SMILES string of the molecule is C[C@@H]1CN(C(=O)Nc2ccc3c(c2)C(=O)NC3=O)C[C@H](c2ccccc2)O1. The van der Waals surface area contributed by atoms with Gasteiger partial charge in [0.2, 0.25) is 0 Å². The van der Waals surface area contributed by atoms with Gasteiger partial charge in [-0.1, -0.05) is 30.3 Å². The fourth-order valence-corrected chi connectivity index (χ4v) is 3.42. The molecule has 7 heteroatoms. The highest BCUT2D eigenvalue weighted by Gasteiger charge is 2.30. The molecule has 4 amide bonds. The minimum Gasteiger partial charge on any atom is -0.367 e. The Kier molecular flexibility index (Phi) is 4.37. The third-order valence-electron chi connectivity index (χ3n) is 4.71. The van der Waals surface area contributed by atoms with E-state index in [1.54, 1.807) is 17.0 Å². The minimum atomic E-state index is -0.449. The lowest BCUT2D eigenvalue weighted by atomic mass is 10.1. The molecule has 0 saturated carbocycles. The van der Waals surface area contributed by atoms with E-state index in [-0.39, 0.29) is 23.8 Å². The third-order valence-corrected chi connectivity index (χ3v) is 4.71. The number of nitrogens with one attached hydrogen (secondary N) is 2. The standard InChI is InChI=1S/C20H19N3O4/c1-12-10-23(11-17(27-12)13-5-3-2-4-6-13)20(26)21-14-7-8-15-16(9-14)19(25)22-18(15)24/h2-9,12,17H,10-11H2,1H3,(H,21,26)(H,22,24,25)/t12-,17-/m1/s1. The van der Waals surface area contributed by atoms with Crippen LogP contribution in [0.15, 0.2) is 48.5 Å². The molecule has 2 atom stereocenters. The van der Waals surface area contributed by atoms with Gasteiger partial charge in [-0.3, -0.25) is 14.9 Å². The monoisotopic (exact) mass is 365 g/mol. The van der Waals surface area contributed by atoms with E-state index >= 15 is 0 Å². The van der Waals surface area contributed by atoms with E-state index in [0.29, 0.717) is 24.3 Å². The zero-order valence-corrected chi connectivity index (χ0v) is 14.8. The van der Waals surface area contributed by atoms with Gasteiger partial charge in [-0.15, -0.1) is 0 Å². The molecule has 0 spiro atoms. The van der Waals surface area contributed by atoms with Crippen molar-refractivity contribution in [3.05, 3.63) is 65.2 Å². The third kappa shape index (κ3) is 3.41. The summed E-state index contributed by atoms with van der Waals surface area (Å²) in [6.07, 6.45) is -0.290. The maximum absolute atomic E-state index is 12.7. The van der Waals surface area contributed by atoms with Crippen LogP contribution in [0.5, 0.6) is 0 Å². The fourth-order valence-electron chi connectivity index (χ4n) is 3.42. The molecule has 4 rings (SSSR count). The Labute approximate surface area is 156 Å². The molecule has 7 nitrogen and oxygen atoms in total. The molecular formula is C20H19N3O4. The average molecular weight is 365 g/mol. The Morgan fingerprint density at radius 2 is 1.81 bits per heavy atom. The molecule has 1 fully saturated rings. The molecule has 0 radical (unpaired) electrons. The maximum Gasteiger partial charge on any atom is 0.322 e. The minimum absolute atomic E-state index is 0.0990. The van der Waals surface area contributed by atoms with E-state index in [0.717, 1.165) is 5.56 Å². The first kappa shape index (κ1) is 17.2. The number of rotatable bonds is 2. The van der Waals surface area contributed by atoms with Crippen molar-refractivity contribution in [3.8, 4) is 0 Å². The lowest BCUT2D eigenvalue weighted by Gasteiger charge is -2.37. The average Bonchev–Trinajstić information content (AvgIpc) is 2.95. The van der Waals surface area contributed by atoms with E-state index in [1.165, 1.54) is 6.07 Å². The van der Waals surface area contributed by atoms with Crippen LogP contribution in [0.2, 0.25) is 0 Å². The van der Waals surface area contributed by atoms with Crippen molar-refractivity contribution in [1.82, 2.24) is 10.2 Å². The van der Waals surface area contributed by atoms with E-state index in [4.69, 9.17) is 4.74 Å². The van der Waals surface area contributed by atoms with Gasteiger partial charge in [-0.25, -0.2) is 4.79 Å². The summed E-state index contributed by atoms with van der Waals surface area (Å²) in [5.74, 6) is -0.865. The van der Waals surface area contributed by atoms with Crippen LogP contribution in [-0.4, -0.2) is 41.9 Å². The summed E-state index contributed by atoms with van der Waals surface area (Å²) in [6, 6.07) is 14.2. The summed E-state index contributed by atoms with van der Waals surface area (Å²) in [5.41, 5.74) is 2.09. The lowest BCUT2D eigenvalue weighted by Crippen LogP contribution is -2.47. The number of nitrogens with zero attached hydrogens (tertiary/aromatic N) is 1. The highest BCUT2D eigenvalue weighted by Crippen LogP contribution is 2.26. The number of fused-ring (bicyclic) bond motifs is 1. The molecule has 2 N–H and O–H groups in total. The van der Waals surface area contributed by atoms with Gasteiger partial charge in [-0.05, 0) is 30.7 Å². The van der Waals surface area contributed by atoms with Gasteiger partial charge in [0.1, 0.15) is 6.10 Å². The molecule has 0 unspecified atom stereocenters. The van der Waals surface area contributed by atoms with Crippen molar-refractivity contribution in [2.75, 3.05) is 18.4 Å². The number of morpholine rings is 1. The van der Waals surface area contributed by atoms with Crippen LogP contribution < -0.4 is 10.6 Å². The number of hydrogen-bond acceptors (Lipinski definition) is 4. The second-order valence-electron chi connectivity index (χ2n) is 6.72. The Hall–Kier alpha value is -3.19. The molecular weight excluding hydrogens is 346 g/mol. The molecule has 27 heavy (non-hydrogen) atoms. The predicted octanol–water partition coefficient (Wildman–Crippen LogP) is 2.56. The highest BCUT2D eigenvalue weighted by molar-refractivity contribution is 6.22. The molecule has 2 aliphatic rings. The smallest absolute Gasteiger partial charge is 0.322 e. The maximum atomic E-state index is 12.7. The zero-order valence-electron chi connectivity index (χ0n) is 14.8. The number of carbonyl (C=O) groups excluding carboxylic acids is 3. The summed E-state index contributed by atoms with van der Waals surface area (Å²) < 4.78 is 5.98. The molecule has 2 aromatic carbocycles. The van der Waals surface area contributed by atoms with Crippen LogP contribution in [-0.2, 0) is 4.74 Å². The predicted molar refractivity (Wildman–Crippen MR) is 98.6 cm³/mol. The van der Waals surface area contributed by atoms with Gasteiger partial charge in [0.15, 0.2) is 0 Å². The van der Waals surface area contributed by atoms with Crippen LogP contribution in [0.3, 0.4) is 0 Å². The summed E-state index contributed by atoms with van der Waals surface area (Å²) in [7, 11) is 0. The second kappa shape index (κ2) is 6.85. The fraction of sp³-hybridized carbons (Fsp3) is 0.250. The molecule has 1 saturated heterocycles. The molecule has 0 bridgehead atoms. The molecule has 2 heterocycles. The number of imide groups is 1. The Balaban J connectivity index is 1.49. The number of ether oxygens (including phenoxy) is 1. The lowest BCUT2D eigenvalue weighted by molar-refractivity contribution is -0.0642. The second-order valence-corrected chi connectivity index (χ2v) is 6.72. The van der Waals surface area contributed by atoms with Crippen molar-refractivity contribution >= 4 is 23.5 Å². The Bertz CT molecular complexity index is 913. The summed E-state index contributed by atoms with van der Waals surface area (Å²) in [4.78, 5) is 37.8. The van der Waals surface area contributed by atoms with Crippen LogP contribution in [0.25, 0.3) is 0 Å². The van der Waals surface area contributed by atoms with Crippen molar-refractivity contribution in [2.24, 2.45) is 0 Å². The van der Waals surface area contributed by atoms with E-state index in [2.05, 4.69) is 10.6 Å². The first-order valence-corrected chi connectivity index (χ1v) is 8.77. The zero-order chi connectivity index (χ0) is 19.0. The van der Waals surface area contributed by atoms with Gasteiger partial charge in [0.05, 0.1) is 23.8 Å². The normalized spacial score (nSPS) is 21.6. The van der Waals surface area contributed by atoms with Crippen molar-refractivity contribution in [1.29, 1.82) is 0 Å². The number of urea groups is 1. The first-order chi connectivity index (χ1) is 13.0. The Morgan fingerprint density at radius 1 is 1.07 bits per heavy atom. The van der Waals surface area contributed by atoms with E-state index < -0.39 is 11.8 Å². The Morgan fingerprint density at radius 3 is 2.59 bits per heavy atom. The molecule has 0 aliphatic carbocycles. The number of carbonyl (C=O) groups is 3. The van der Waals surface area contributed by atoms with Crippen molar-refractivity contribution in [2.45, 2.75) is 19.1 Å². The number of anilines is 1. The summed E-state index contributed by atoms with van der Waals surface area (Å²) in [6.45, 7) is 2.84. The van der Waals surface area contributed by atoms with E-state index in [1.807, 2.05) is 37.3 Å². The summed E-state index contributed by atoms with van der Waals surface area (Å²) in [5, 5.41) is 5.05. The number of benzene rings is 2. The van der Waals surface area contributed by atoms with Crippen LogP contribution >= 0.6 is 0 Å². The van der Waals surface area contributed by atoms with Crippen LogP contribution in [0.4, 0.5) is 10.5 Å². The van der Waals surface area contributed by atoms with Gasteiger partial charge < -0.3 is 15.0 Å². The quantitative estimate of drug-likeness (QED) is 0.801. The molecule has 0 aromatic heterocycles. The van der Waals surface area contributed by atoms with E-state index in [9.17, 15) is 14.4 Å². The first-order valence-electron chi connectivity index (χ1n) is 8.77. The van der Waals surface area contributed by atoms with Gasteiger partial charge in [0, 0.05) is 12.2 Å². The van der Waals surface area contributed by atoms with Gasteiger partial charge in [-0.2, -0.15) is 0 Å².